The first-order valence-electron chi connectivity index (χ1n) is 9.10. The Labute approximate surface area is 183 Å². The second kappa shape index (κ2) is 11.1. The highest BCUT2D eigenvalue weighted by Gasteiger charge is 2.23. The van der Waals surface area contributed by atoms with Crippen LogP contribution < -0.4 is 20.1 Å². The number of benzene rings is 1. The number of ether oxygens (including phenoxy) is 2. The Morgan fingerprint density at radius 3 is 2.64 bits per heavy atom. The van der Waals surface area contributed by atoms with Crippen molar-refractivity contribution in [3.05, 3.63) is 41.7 Å². The van der Waals surface area contributed by atoms with E-state index in [-0.39, 0.29) is 24.0 Å². The van der Waals surface area contributed by atoms with E-state index >= 15 is 0 Å². The number of nitrogens with one attached hydrogen (secondary N) is 3. The van der Waals surface area contributed by atoms with Gasteiger partial charge in [-0.1, -0.05) is 0 Å². The van der Waals surface area contributed by atoms with Crippen LogP contribution >= 0.6 is 24.0 Å². The minimum atomic E-state index is 0. The maximum Gasteiger partial charge on any atom is 0.191 e. The third-order valence-electron chi connectivity index (χ3n) is 4.66. The largest absolute Gasteiger partial charge is 0.497 e. The van der Waals surface area contributed by atoms with Gasteiger partial charge in [0.05, 0.1) is 26.5 Å². The summed E-state index contributed by atoms with van der Waals surface area (Å²) in [6.07, 6.45) is 2.82. The van der Waals surface area contributed by atoms with E-state index in [9.17, 15) is 0 Å². The van der Waals surface area contributed by atoms with Crippen LogP contribution in [0.2, 0.25) is 0 Å². The molecule has 2 heterocycles. The first-order chi connectivity index (χ1) is 13.2. The number of likely N-dealkylation sites (tertiary alicyclic amines) is 1. The lowest BCUT2D eigenvalue weighted by Crippen LogP contribution is -2.44. The molecule has 9 heteroatoms. The van der Waals surface area contributed by atoms with E-state index < -0.39 is 0 Å². The number of aliphatic imine (C=N–C) groups is 1. The first kappa shape index (κ1) is 22.3. The highest BCUT2D eigenvalue weighted by Crippen LogP contribution is 2.24. The van der Waals surface area contributed by atoms with Gasteiger partial charge in [0.1, 0.15) is 11.5 Å². The molecule has 3 rings (SSSR count). The van der Waals surface area contributed by atoms with Crippen LogP contribution in [0.25, 0.3) is 0 Å². The minimum absolute atomic E-state index is 0. The SMILES string of the molecule is CN=C(NCc1ccn[nH]1)NC1CCN(Cc2cc(OC)cc(OC)c2)C1.I. The summed E-state index contributed by atoms with van der Waals surface area (Å²) in [4.78, 5) is 6.74. The number of halogens is 1. The molecule has 154 valence electrons. The van der Waals surface area contributed by atoms with E-state index in [1.807, 2.05) is 12.1 Å². The van der Waals surface area contributed by atoms with Crippen LogP contribution in [0.15, 0.2) is 35.5 Å². The van der Waals surface area contributed by atoms with Crippen molar-refractivity contribution < 1.29 is 9.47 Å². The van der Waals surface area contributed by atoms with Crippen molar-refractivity contribution in [2.75, 3.05) is 34.4 Å². The molecule has 2 aromatic rings. The van der Waals surface area contributed by atoms with Crippen molar-refractivity contribution in [2.24, 2.45) is 4.99 Å². The normalized spacial score (nSPS) is 17.1. The lowest BCUT2D eigenvalue weighted by Gasteiger charge is -2.19. The summed E-state index contributed by atoms with van der Waals surface area (Å²) in [6.45, 7) is 3.53. The molecule has 28 heavy (non-hydrogen) atoms. The number of methoxy groups -OCH3 is 2. The molecular weight excluding hydrogens is 471 g/mol. The Morgan fingerprint density at radius 1 is 1.29 bits per heavy atom. The van der Waals surface area contributed by atoms with E-state index in [0.717, 1.165) is 49.2 Å². The van der Waals surface area contributed by atoms with E-state index in [1.165, 1.54) is 5.56 Å². The van der Waals surface area contributed by atoms with E-state index in [1.54, 1.807) is 27.5 Å². The average Bonchev–Trinajstić information content (AvgIpc) is 3.36. The zero-order chi connectivity index (χ0) is 19.1. The van der Waals surface area contributed by atoms with Crippen molar-refractivity contribution in [3.8, 4) is 11.5 Å². The molecule has 1 atom stereocenters. The van der Waals surface area contributed by atoms with Gasteiger partial charge in [-0.3, -0.25) is 15.0 Å². The summed E-state index contributed by atoms with van der Waals surface area (Å²) in [6, 6.07) is 8.33. The van der Waals surface area contributed by atoms with Gasteiger partial charge in [0.15, 0.2) is 5.96 Å². The Balaban J connectivity index is 0.00000280. The van der Waals surface area contributed by atoms with Gasteiger partial charge in [0, 0.05) is 45.0 Å². The van der Waals surface area contributed by atoms with E-state index in [4.69, 9.17) is 9.47 Å². The zero-order valence-corrected chi connectivity index (χ0v) is 18.9. The summed E-state index contributed by atoms with van der Waals surface area (Å²) in [7, 11) is 5.14. The standard InChI is InChI=1S/C19H28N6O2.HI/c1-20-19(21-11-15-4-6-22-24-15)23-16-5-7-25(13-16)12-14-8-17(26-2)10-18(9-14)27-3;/h4,6,8-10,16H,5,7,11-13H2,1-3H3,(H,22,24)(H2,20,21,23);1H. The number of H-pyrrole nitrogens is 1. The first-order valence-corrected chi connectivity index (χ1v) is 9.10. The van der Waals surface area contributed by atoms with Crippen LogP contribution in [0, 0.1) is 0 Å². The molecule has 0 bridgehead atoms. The fourth-order valence-corrected chi connectivity index (χ4v) is 3.26. The monoisotopic (exact) mass is 500 g/mol. The Morgan fingerprint density at radius 2 is 2.04 bits per heavy atom. The average molecular weight is 500 g/mol. The van der Waals surface area contributed by atoms with Gasteiger partial charge in [-0.2, -0.15) is 5.10 Å². The van der Waals surface area contributed by atoms with Crippen LogP contribution in [0.1, 0.15) is 17.7 Å². The summed E-state index contributed by atoms with van der Waals surface area (Å²) in [5.74, 6) is 2.45. The number of nitrogens with zero attached hydrogens (tertiary/aromatic N) is 3. The fourth-order valence-electron chi connectivity index (χ4n) is 3.26. The number of aromatic amines is 1. The van der Waals surface area contributed by atoms with Crippen LogP contribution in [0.4, 0.5) is 0 Å². The molecule has 3 N–H and O–H groups in total. The molecule has 0 spiro atoms. The highest BCUT2D eigenvalue weighted by molar-refractivity contribution is 14.0. The predicted octanol–water partition coefficient (Wildman–Crippen LogP) is 1.98. The van der Waals surface area contributed by atoms with Crippen LogP contribution in [-0.4, -0.2) is 61.5 Å². The summed E-state index contributed by atoms with van der Waals surface area (Å²) in [5.41, 5.74) is 2.21. The van der Waals surface area contributed by atoms with Gasteiger partial charge in [0.2, 0.25) is 0 Å². The van der Waals surface area contributed by atoms with Crippen LogP contribution in [-0.2, 0) is 13.1 Å². The molecule has 0 amide bonds. The van der Waals surface area contributed by atoms with Gasteiger partial charge in [-0.25, -0.2) is 0 Å². The third-order valence-corrected chi connectivity index (χ3v) is 4.66. The van der Waals surface area contributed by atoms with Crippen molar-refractivity contribution >= 4 is 29.9 Å². The van der Waals surface area contributed by atoms with Gasteiger partial charge in [-0.05, 0) is 30.2 Å². The Kier molecular flexibility index (Phi) is 8.84. The molecule has 0 aliphatic carbocycles. The maximum atomic E-state index is 5.37. The minimum Gasteiger partial charge on any atom is -0.497 e. The van der Waals surface area contributed by atoms with Crippen LogP contribution in [0.3, 0.4) is 0 Å². The molecule has 8 nitrogen and oxygen atoms in total. The smallest absolute Gasteiger partial charge is 0.191 e. The lowest BCUT2D eigenvalue weighted by atomic mass is 10.2. The molecule has 1 aromatic carbocycles. The Hall–Kier alpha value is -2.01. The molecule has 1 aromatic heterocycles. The number of guanidine groups is 1. The van der Waals surface area contributed by atoms with Gasteiger partial charge < -0.3 is 20.1 Å². The number of hydrogen-bond acceptors (Lipinski definition) is 5. The van der Waals surface area contributed by atoms with Crippen molar-refractivity contribution in [2.45, 2.75) is 25.6 Å². The van der Waals surface area contributed by atoms with E-state index in [2.05, 4.69) is 42.9 Å². The second-order valence-corrected chi connectivity index (χ2v) is 6.59. The molecule has 1 aliphatic heterocycles. The summed E-state index contributed by atoms with van der Waals surface area (Å²) >= 11 is 0. The predicted molar refractivity (Wildman–Crippen MR) is 121 cm³/mol. The van der Waals surface area contributed by atoms with Crippen molar-refractivity contribution in [1.82, 2.24) is 25.7 Å². The highest BCUT2D eigenvalue weighted by atomic mass is 127. The molecular formula is C19H29IN6O2. The van der Waals surface area contributed by atoms with E-state index in [0.29, 0.717) is 12.6 Å². The number of hydrogen-bond donors (Lipinski definition) is 3. The second-order valence-electron chi connectivity index (χ2n) is 6.59. The fraction of sp³-hybridized carbons (Fsp3) is 0.474. The molecule has 1 saturated heterocycles. The van der Waals surface area contributed by atoms with Crippen LogP contribution in [0.5, 0.6) is 11.5 Å². The van der Waals surface area contributed by atoms with Gasteiger partial charge >= 0.3 is 0 Å². The number of aromatic nitrogens is 2. The molecule has 0 saturated carbocycles. The van der Waals surface area contributed by atoms with Gasteiger partial charge in [0.25, 0.3) is 0 Å². The maximum absolute atomic E-state index is 5.37. The molecule has 1 fully saturated rings. The molecule has 1 aliphatic rings. The quantitative estimate of drug-likeness (QED) is 0.306. The lowest BCUT2D eigenvalue weighted by molar-refractivity contribution is 0.321. The molecule has 0 radical (unpaired) electrons. The summed E-state index contributed by atoms with van der Waals surface area (Å²) < 4.78 is 10.7. The van der Waals surface area contributed by atoms with Crippen molar-refractivity contribution in [3.63, 3.8) is 0 Å². The van der Waals surface area contributed by atoms with Gasteiger partial charge in [-0.15, -0.1) is 24.0 Å². The summed E-state index contributed by atoms with van der Waals surface area (Å²) in [5, 5.41) is 13.7. The van der Waals surface area contributed by atoms with Crippen molar-refractivity contribution in [1.29, 1.82) is 0 Å². The number of rotatable bonds is 7. The third kappa shape index (κ3) is 6.26. The Bertz CT molecular complexity index is 731. The molecule has 1 unspecified atom stereocenters. The topological polar surface area (TPSA) is 86.8 Å². The zero-order valence-electron chi connectivity index (χ0n) is 16.6.